The van der Waals surface area contributed by atoms with Gasteiger partial charge in [-0.2, -0.15) is 0 Å². The molecule has 0 spiro atoms. The third-order valence-electron chi connectivity index (χ3n) is 1.59. The summed E-state index contributed by atoms with van der Waals surface area (Å²) in [5.74, 6) is 0. The zero-order valence-electron chi connectivity index (χ0n) is 8.71. The topological polar surface area (TPSA) is 24.1 Å². The van der Waals surface area contributed by atoms with Crippen LogP contribution in [0.4, 0.5) is 0 Å². The van der Waals surface area contributed by atoms with Crippen molar-refractivity contribution in [2.45, 2.75) is 12.8 Å². The molecule has 2 heteroatoms. The lowest BCUT2D eigenvalue weighted by molar-refractivity contribution is 0.669. The van der Waals surface area contributed by atoms with Crippen LogP contribution in [0.25, 0.3) is 0 Å². The fraction of sp³-hybridized carbons (Fsp3) is 0.333. The molecular formula is C12H20N2. The fourth-order valence-electron chi connectivity index (χ4n) is 0.893. The van der Waals surface area contributed by atoms with E-state index in [2.05, 4.69) is 23.8 Å². The molecule has 0 heterocycles. The van der Waals surface area contributed by atoms with E-state index in [0.717, 1.165) is 25.9 Å². The highest BCUT2D eigenvalue weighted by molar-refractivity contribution is 4.96. The van der Waals surface area contributed by atoms with Crippen molar-refractivity contribution in [3.05, 3.63) is 49.9 Å². The first kappa shape index (κ1) is 12.6. The first-order valence-corrected chi connectivity index (χ1v) is 4.93. The molecule has 14 heavy (non-hydrogen) atoms. The Labute approximate surface area is 87.1 Å². The van der Waals surface area contributed by atoms with Gasteiger partial charge in [-0.15, -0.1) is 0 Å². The van der Waals surface area contributed by atoms with Gasteiger partial charge in [-0.05, 0) is 37.4 Å². The molecule has 0 aromatic carbocycles. The largest absolute Gasteiger partial charge is 0.391 e. The molecule has 2 nitrogen and oxygen atoms in total. The first-order chi connectivity index (χ1) is 6.91. The summed E-state index contributed by atoms with van der Waals surface area (Å²) in [4.78, 5) is 0. The van der Waals surface area contributed by atoms with Gasteiger partial charge in [0.15, 0.2) is 0 Å². The number of rotatable bonds is 9. The number of hydrogen-bond donors (Lipinski definition) is 2. The maximum Gasteiger partial charge on any atom is 0.0142 e. The van der Waals surface area contributed by atoms with E-state index >= 15 is 0 Å². The molecule has 0 radical (unpaired) electrons. The maximum absolute atomic E-state index is 3.58. The van der Waals surface area contributed by atoms with Gasteiger partial charge < -0.3 is 10.6 Å². The molecular weight excluding hydrogens is 172 g/mol. The Morgan fingerprint density at radius 1 is 0.786 bits per heavy atom. The smallest absolute Gasteiger partial charge is 0.0142 e. The summed E-state index contributed by atoms with van der Waals surface area (Å²) in [6, 6.07) is 0. The number of unbranched alkanes of at least 4 members (excludes halogenated alkanes) is 1. The second kappa shape index (κ2) is 11.6. The second-order valence-corrected chi connectivity index (χ2v) is 2.80. The van der Waals surface area contributed by atoms with Gasteiger partial charge in [0, 0.05) is 13.1 Å². The van der Waals surface area contributed by atoms with Crippen LogP contribution >= 0.6 is 0 Å². The third-order valence-corrected chi connectivity index (χ3v) is 1.59. The monoisotopic (exact) mass is 192 g/mol. The van der Waals surface area contributed by atoms with Crippen LogP contribution in [0.1, 0.15) is 12.8 Å². The summed E-state index contributed by atoms with van der Waals surface area (Å²) < 4.78 is 0. The summed E-state index contributed by atoms with van der Waals surface area (Å²) >= 11 is 0. The zero-order valence-corrected chi connectivity index (χ0v) is 8.71. The number of allylic oxidation sites excluding steroid dienone is 4. The third kappa shape index (κ3) is 10.6. The predicted octanol–water partition coefficient (Wildman–Crippen LogP) is 2.35. The molecule has 0 rings (SSSR count). The first-order valence-electron chi connectivity index (χ1n) is 4.93. The minimum Gasteiger partial charge on any atom is -0.391 e. The average Bonchev–Trinajstić information content (AvgIpc) is 2.21. The van der Waals surface area contributed by atoms with Crippen molar-refractivity contribution in [1.82, 2.24) is 10.6 Å². The lowest BCUT2D eigenvalue weighted by atomic mass is 10.3. The molecule has 0 aliphatic carbocycles. The molecule has 0 aliphatic heterocycles. The molecule has 0 aliphatic rings. The molecule has 0 aromatic rings. The summed E-state index contributed by atoms with van der Waals surface area (Å²) in [5.41, 5.74) is 0. The van der Waals surface area contributed by atoms with Crippen molar-refractivity contribution in [3.8, 4) is 0 Å². The van der Waals surface area contributed by atoms with Crippen molar-refractivity contribution in [1.29, 1.82) is 0 Å². The van der Waals surface area contributed by atoms with Crippen LogP contribution < -0.4 is 10.6 Å². The van der Waals surface area contributed by atoms with E-state index in [1.54, 1.807) is 12.2 Å². The molecule has 0 atom stereocenters. The minimum absolute atomic E-state index is 1.01. The van der Waals surface area contributed by atoms with Crippen LogP contribution in [0.15, 0.2) is 49.9 Å². The summed E-state index contributed by atoms with van der Waals surface area (Å²) in [7, 11) is 0. The van der Waals surface area contributed by atoms with E-state index in [1.165, 1.54) is 0 Å². The standard InChI is InChI=1S/C12H20N2/c1-3-5-9-13-11-7-8-12-14-10-6-4-2/h3-6,9-10,13-14H,1-2,7-8,11-12H2/b9-5+,10-6+. The SMILES string of the molecule is C=C/C=C/NCCCCN/C=C/C=C. The summed E-state index contributed by atoms with van der Waals surface area (Å²) in [5, 5.41) is 6.35. The van der Waals surface area contributed by atoms with Crippen molar-refractivity contribution in [2.24, 2.45) is 0 Å². The van der Waals surface area contributed by atoms with E-state index in [9.17, 15) is 0 Å². The van der Waals surface area contributed by atoms with Crippen LogP contribution in [0.5, 0.6) is 0 Å². The van der Waals surface area contributed by atoms with Crippen molar-refractivity contribution >= 4 is 0 Å². The fourth-order valence-corrected chi connectivity index (χ4v) is 0.893. The van der Waals surface area contributed by atoms with Crippen LogP contribution in [0.3, 0.4) is 0 Å². The van der Waals surface area contributed by atoms with Crippen molar-refractivity contribution in [2.75, 3.05) is 13.1 Å². The Balaban J connectivity index is 3.06. The Kier molecular flexibility index (Phi) is 10.4. The maximum atomic E-state index is 3.58. The van der Waals surface area contributed by atoms with E-state index in [4.69, 9.17) is 0 Å². The quantitative estimate of drug-likeness (QED) is 0.433. The number of nitrogens with one attached hydrogen (secondary N) is 2. The van der Waals surface area contributed by atoms with Gasteiger partial charge in [-0.3, -0.25) is 0 Å². The van der Waals surface area contributed by atoms with Gasteiger partial charge in [0.1, 0.15) is 0 Å². The lowest BCUT2D eigenvalue weighted by Gasteiger charge is -2.01. The normalized spacial score (nSPS) is 10.6. The van der Waals surface area contributed by atoms with E-state index in [0.29, 0.717) is 0 Å². The summed E-state index contributed by atoms with van der Waals surface area (Å²) in [6.45, 7) is 9.19. The van der Waals surface area contributed by atoms with Gasteiger partial charge in [-0.1, -0.05) is 25.3 Å². The van der Waals surface area contributed by atoms with Gasteiger partial charge in [0.25, 0.3) is 0 Å². The van der Waals surface area contributed by atoms with Crippen LogP contribution in [0.2, 0.25) is 0 Å². The molecule has 0 unspecified atom stereocenters. The molecule has 0 fully saturated rings. The number of hydrogen-bond acceptors (Lipinski definition) is 2. The van der Waals surface area contributed by atoms with Gasteiger partial charge in [0.05, 0.1) is 0 Å². The van der Waals surface area contributed by atoms with Gasteiger partial charge in [0.2, 0.25) is 0 Å². The Morgan fingerprint density at radius 2 is 1.21 bits per heavy atom. The van der Waals surface area contributed by atoms with Crippen molar-refractivity contribution in [3.63, 3.8) is 0 Å². The Hall–Kier alpha value is -1.44. The molecule has 0 aromatic heterocycles. The molecule has 0 saturated carbocycles. The Bertz CT molecular complexity index is 170. The van der Waals surface area contributed by atoms with Crippen LogP contribution in [-0.2, 0) is 0 Å². The van der Waals surface area contributed by atoms with Crippen molar-refractivity contribution < 1.29 is 0 Å². The highest BCUT2D eigenvalue weighted by Crippen LogP contribution is 1.84. The highest BCUT2D eigenvalue weighted by Gasteiger charge is 1.84. The summed E-state index contributed by atoms with van der Waals surface area (Å²) in [6.07, 6.45) is 13.5. The molecule has 78 valence electrons. The van der Waals surface area contributed by atoms with Crippen LogP contribution in [-0.4, -0.2) is 13.1 Å². The average molecular weight is 192 g/mol. The molecule has 0 bridgehead atoms. The Morgan fingerprint density at radius 3 is 1.57 bits per heavy atom. The minimum atomic E-state index is 1.01. The zero-order chi connectivity index (χ0) is 10.5. The second-order valence-electron chi connectivity index (χ2n) is 2.80. The molecule has 0 amide bonds. The van der Waals surface area contributed by atoms with Crippen LogP contribution in [0, 0.1) is 0 Å². The highest BCUT2D eigenvalue weighted by atomic mass is 14.8. The van der Waals surface area contributed by atoms with E-state index in [1.807, 2.05) is 24.6 Å². The van der Waals surface area contributed by atoms with Gasteiger partial charge in [-0.25, -0.2) is 0 Å². The molecule has 2 N–H and O–H groups in total. The van der Waals surface area contributed by atoms with E-state index < -0.39 is 0 Å². The van der Waals surface area contributed by atoms with E-state index in [-0.39, 0.29) is 0 Å². The van der Waals surface area contributed by atoms with Gasteiger partial charge >= 0.3 is 0 Å². The lowest BCUT2D eigenvalue weighted by Crippen LogP contribution is -2.11. The molecule has 0 saturated heterocycles. The predicted molar refractivity (Wildman–Crippen MR) is 63.9 cm³/mol.